The lowest BCUT2D eigenvalue weighted by molar-refractivity contribution is -0.904. The number of nitrogens with zero attached hydrogens (tertiary/aromatic N) is 4. The van der Waals surface area contributed by atoms with Gasteiger partial charge < -0.3 is 65.9 Å². The molecule has 6 aromatic rings. The molecule has 1 aromatic heterocycles. The number of fused-ring (bicyclic) bond motifs is 6. The Balaban J connectivity index is 0.753. The van der Waals surface area contributed by atoms with Crippen LogP contribution in [0.15, 0.2) is 109 Å². The van der Waals surface area contributed by atoms with Gasteiger partial charge in [0.1, 0.15) is 68.2 Å². The van der Waals surface area contributed by atoms with E-state index in [1.165, 1.54) is 145 Å². The monoisotopic (exact) mass is 1650 g/mol. The summed E-state index contributed by atoms with van der Waals surface area (Å²) >= 11 is 0. The van der Waals surface area contributed by atoms with Crippen molar-refractivity contribution in [2.45, 2.75) is 303 Å². The molecular weight excluding hydrogens is 1530 g/mol. The summed E-state index contributed by atoms with van der Waals surface area (Å²) in [6.07, 6.45) is 29.3. The Labute approximate surface area is 698 Å². The largest absolute Gasteiger partial charge is 0.514 e. The standard InChI is InChI=1S/C90H125B2N4O21P/c1-13-15-17-19-21-23-25-27-29-31-33-35-37-39-81(97)104-64-74(109-82(98)40-38-36-34-32-30-28-26-24-22-20-18-16-14-2)65-108-118(102,103)107-56-55-96(11,12)61-70-60-95(94-93-70)71-49-52-76-75(57-71)83(99)113-90(76)77-53-50-72(110-84(100)105-62-66-41-45-68(46-42-66)91-114-86(3,4)87(5,6)115-91)58-79(77)112-80-59-73(51-54-78(80)90)111-85(101)106-63-67-43-47-69(48-44-67)92-116-88(7,8)89(9,10)117-92/h41-54,57-60,74H,13-40,55-56,61-65H2,1-12H3/p+1. The predicted molar refractivity (Wildman–Crippen MR) is 449 cm³/mol. The van der Waals surface area contributed by atoms with Gasteiger partial charge in [-0.05, 0) is 127 Å². The molecule has 2 unspecified atom stereocenters. The van der Waals surface area contributed by atoms with Crippen molar-refractivity contribution in [1.29, 1.82) is 0 Å². The molecule has 4 aliphatic rings. The Bertz CT molecular complexity index is 4140. The highest BCUT2D eigenvalue weighted by atomic mass is 31.2. The van der Waals surface area contributed by atoms with Gasteiger partial charge in [-0.15, -0.1) is 5.10 Å². The highest BCUT2D eigenvalue weighted by Gasteiger charge is 2.55. The third-order valence-corrected chi connectivity index (χ3v) is 24.3. The number of carbonyl (C=O) groups is 5. The van der Waals surface area contributed by atoms with Crippen molar-refractivity contribution >= 4 is 63.2 Å². The van der Waals surface area contributed by atoms with Crippen LogP contribution in [0.4, 0.5) is 9.59 Å². The fourth-order valence-electron chi connectivity index (χ4n) is 14.8. The predicted octanol–water partition coefficient (Wildman–Crippen LogP) is 19.0. The van der Waals surface area contributed by atoms with Gasteiger partial charge in [0, 0.05) is 41.7 Å². The first-order chi connectivity index (χ1) is 56.4. The van der Waals surface area contributed by atoms with Gasteiger partial charge in [0.15, 0.2) is 11.7 Å². The van der Waals surface area contributed by atoms with Crippen LogP contribution < -0.4 is 25.1 Å². The Morgan fingerprint density at radius 2 is 0.941 bits per heavy atom. The van der Waals surface area contributed by atoms with Crippen molar-refractivity contribution < 1.29 is 103 Å². The summed E-state index contributed by atoms with van der Waals surface area (Å²) in [7, 11) is -2.09. The molecule has 2 atom stereocenters. The molecule has 4 aliphatic heterocycles. The molecule has 1 N–H and O–H groups in total. The van der Waals surface area contributed by atoms with Crippen molar-refractivity contribution in [3.8, 4) is 28.7 Å². The van der Waals surface area contributed by atoms with Crippen LogP contribution in [0.2, 0.25) is 0 Å². The lowest BCUT2D eigenvalue weighted by Crippen LogP contribution is -2.41. The number of hydrogen-bond donors (Lipinski definition) is 1. The number of esters is 3. The summed E-state index contributed by atoms with van der Waals surface area (Å²) in [5.41, 5.74) is 1.64. The van der Waals surface area contributed by atoms with E-state index in [1.807, 2.05) is 118 Å². The van der Waals surface area contributed by atoms with E-state index in [0.29, 0.717) is 52.0 Å². The van der Waals surface area contributed by atoms with Crippen molar-refractivity contribution in [3.63, 3.8) is 0 Å². The lowest BCUT2D eigenvalue weighted by atomic mass is 9.77. The molecule has 0 radical (unpaired) electrons. The third-order valence-electron chi connectivity index (χ3n) is 23.3. The molecule has 5 heterocycles. The first-order valence-corrected chi connectivity index (χ1v) is 44.5. The molecule has 118 heavy (non-hydrogen) atoms. The summed E-state index contributed by atoms with van der Waals surface area (Å²) in [6.45, 7) is 19.5. The van der Waals surface area contributed by atoms with E-state index in [4.69, 9.17) is 65.6 Å². The number of unbranched alkanes of at least 4 members (excludes halogenated alkanes) is 24. The molecule has 25 nitrogen and oxygen atoms in total. The zero-order chi connectivity index (χ0) is 84.6. The molecule has 2 saturated heterocycles. The number of aromatic nitrogens is 3. The number of quaternary nitrogens is 1. The minimum Gasteiger partial charge on any atom is -0.462 e. The van der Waals surface area contributed by atoms with Gasteiger partial charge in [-0.25, -0.2) is 23.6 Å². The second-order valence-electron chi connectivity index (χ2n) is 34.5. The average Bonchev–Trinajstić information content (AvgIpc) is 1.50. The van der Waals surface area contributed by atoms with E-state index in [9.17, 15) is 33.4 Å². The van der Waals surface area contributed by atoms with Crippen molar-refractivity contribution in [3.05, 3.63) is 148 Å². The van der Waals surface area contributed by atoms with Crippen LogP contribution in [-0.4, -0.2) is 138 Å². The Morgan fingerprint density at radius 3 is 1.39 bits per heavy atom. The van der Waals surface area contributed by atoms with Crippen LogP contribution in [0.3, 0.4) is 0 Å². The van der Waals surface area contributed by atoms with E-state index in [-0.39, 0.29) is 85.4 Å². The van der Waals surface area contributed by atoms with Gasteiger partial charge in [0.2, 0.25) is 0 Å². The molecule has 0 aliphatic carbocycles. The third kappa shape index (κ3) is 26.3. The van der Waals surface area contributed by atoms with Crippen LogP contribution >= 0.6 is 7.82 Å². The second kappa shape index (κ2) is 43.0. The lowest BCUT2D eigenvalue weighted by Gasteiger charge is -2.36. The molecule has 0 saturated carbocycles. The van der Waals surface area contributed by atoms with Crippen LogP contribution in [-0.2, 0) is 90.9 Å². The summed E-state index contributed by atoms with van der Waals surface area (Å²) in [5, 5.41) is 8.90. The summed E-state index contributed by atoms with van der Waals surface area (Å²) < 4.78 is 98.0. The molecule has 28 heteroatoms. The fraction of sp³-hybridized carbons (Fsp3) is 0.589. The van der Waals surface area contributed by atoms with E-state index < -0.39 is 93.0 Å². The maximum Gasteiger partial charge on any atom is 0.514 e. The number of carbonyl (C=O) groups excluding carboxylic acids is 5. The van der Waals surface area contributed by atoms with Crippen molar-refractivity contribution in [2.24, 2.45) is 0 Å². The van der Waals surface area contributed by atoms with Gasteiger partial charge in [-0.2, -0.15) is 0 Å². The molecule has 10 rings (SSSR count). The van der Waals surface area contributed by atoms with Crippen LogP contribution in [0, 0.1) is 0 Å². The van der Waals surface area contributed by atoms with Crippen LogP contribution in [0.25, 0.3) is 5.69 Å². The Hall–Kier alpha value is -7.97. The van der Waals surface area contributed by atoms with Gasteiger partial charge in [0.05, 0.1) is 60.6 Å². The number of benzene rings is 5. The fourth-order valence-corrected chi connectivity index (χ4v) is 15.5. The van der Waals surface area contributed by atoms with Gasteiger partial charge >= 0.3 is 52.3 Å². The van der Waals surface area contributed by atoms with Gasteiger partial charge in [0.25, 0.3) is 0 Å². The molecule has 5 aromatic carbocycles. The highest BCUT2D eigenvalue weighted by Crippen LogP contribution is 2.58. The number of phosphoric acid groups is 1. The zero-order valence-electron chi connectivity index (χ0n) is 71.7. The molecule has 642 valence electrons. The first-order valence-electron chi connectivity index (χ1n) is 43.0. The van der Waals surface area contributed by atoms with Gasteiger partial charge in [-0.3, -0.25) is 18.6 Å². The van der Waals surface area contributed by atoms with E-state index >= 15 is 0 Å². The molecule has 2 fully saturated rings. The topological polar surface area (TPSA) is 283 Å². The van der Waals surface area contributed by atoms with E-state index in [1.54, 1.807) is 36.5 Å². The van der Waals surface area contributed by atoms with Crippen LogP contribution in [0.5, 0.6) is 23.0 Å². The van der Waals surface area contributed by atoms with E-state index in [2.05, 4.69) is 24.2 Å². The molecule has 0 amide bonds. The van der Waals surface area contributed by atoms with Crippen molar-refractivity contribution in [1.82, 2.24) is 15.0 Å². The molecular formula is C90H126B2N4O21P+. The normalized spacial score (nSPS) is 16.6. The highest BCUT2D eigenvalue weighted by molar-refractivity contribution is 7.47. The first kappa shape index (κ1) is 92.3. The zero-order valence-corrected chi connectivity index (χ0v) is 72.6. The van der Waals surface area contributed by atoms with Crippen LogP contribution in [0.1, 0.15) is 293 Å². The number of rotatable bonds is 49. The quantitative estimate of drug-likeness (QED) is 0.00706. The van der Waals surface area contributed by atoms with E-state index in [0.717, 1.165) is 49.5 Å². The average molecular weight is 1650 g/mol. The number of likely N-dealkylation sites (N-methyl/N-ethyl adjacent to an activating group) is 1. The summed E-state index contributed by atoms with van der Waals surface area (Å²) in [6, 6.07) is 29.1. The number of hydrogen-bond acceptors (Lipinski definition) is 22. The minimum atomic E-state index is -4.73. The Morgan fingerprint density at radius 1 is 0.517 bits per heavy atom. The SMILES string of the molecule is CCCCCCCCCCCCCCCC(=O)OCC(COP(=O)(O)OCC[N+](C)(C)Cc1cn(-c2ccc3c(c2)C(=O)OC32c3ccc(OC(=O)OCc4ccc(B5OC(C)(C)C(C)(C)O5)cc4)cc3Oc3cc(OC(=O)OCc4ccc(B5OC(C)(C)C(C)(C)O5)cc4)ccc32)nn1)OC(=O)CCCCCCCCCCCCCCC. The Kier molecular flexibility index (Phi) is 33.6. The number of phosphoric ester groups is 1. The second-order valence-corrected chi connectivity index (χ2v) is 36.0. The summed E-state index contributed by atoms with van der Waals surface area (Å²) in [5.74, 6) is -1.27. The smallest absolute Gasteiger partial charge is 0.462 e. The summed E-state index contributed by atoms with van der Waals surface area (Å²) in [4.78, 5) is 78.6. The molecule has 1 spiro atoms. The minimum absolute atomic E-state index is 0.0403. The number of ether oxygens (including phenoxy) is 8. The maximum atomic E-state index is 14.6. The molecule has 0 bridgehead atoms. The maximum absolute atomic E-state index is 14.6. The van der Waals surface area contributed by atoms with Gasteiger partial charge in [-0.1, -0.05) is 228 Å². The van der Waals surface area contributed by atoms with Crippen molar-refractivity contribution in [2.75, 3.05) is 40.5 Å².